The molecule has 0 bridgehead atoms. The lowest BCUT2D eigenvalue weighted by Gasteiger charge is -2.33. The van der Waals surface area contributed by atoms with Crippen LogP contribution >= 0.6 is 0 Å². The highest BCUT2D eigenvalue weighted by Crippen LogP contribution is 2.35. The SMILES string of the molecule is CCOC(=O)N1CCN(C(=O)c2ccc(Nc3ccc4c(c3)OCO4)cn2)CC1. The van der Waals surface area contributed by atoms with Gasteiger partial charge in [0.25, 0.3) is 5.91 Å². The molecule has 0 radical (unpaired) electrons. The van der Waals surface area contributed by atoms with E-state index in [9.17, 15) is 9.59 Å². The van der Waals surface area contributed by atoms with Gasteiger partial charge in [-0.25, -0.2) is 9.78 Å². The Kier molecular flexibility index (Phi) is 5.37. The first-order valence-electron chi connectivity index (χ1n) is 9.48. The molecule has 1 aromatic heterocycles. The van der Waals surface area contributed by atoms with E-state index < -0.39 is 0 Å². The number of anilines is 2. The van der Waals surface area contributed by atoms with E-state index in [2.05, 4.69) is 10.3 Å². The minimum absolute atomic E-state index is 0.150. The van der Waals surface area contributed by atoms with Gasteiger partial charge in [-0.1, -0.05) is 0 Å². The number of fused-ring (bicyclic) bond motifs is 1. The first-order valence-corrected chi connectivity index (χ1v) is 9.48. The maximum absolute atomic E-state index is 12.7. The van der Waals surface area contributed by atoms with Crippen molar-refractivity contribution >= 4 is 23.4 Å². The molecule has 9 heteroatoms. The lowest BCUT2D eigenvalue weighted by molar-refractivity contribution is 0.0566. The van der Waals surface area contributed by atoms with Crippen LogP contribution in [0.2, 0.25) is 0 Å². The van der Waals surface area contributed by atoms with Crippen molar-refractivity contribution in [2.45, 2.75) is 6.92 Å². The summed E-state index contributed by atoms with van der Waals surface area (Å²) in [5.41, 5.74) is 1.96. The van der Waals surface area contributed by atoms with E-state index >= 15 is 0 Å². The lowest BCUT2D eigenvalue weighted by atomic mass is 10.2. The van der Waals surface area contributed by atoms with Crippen molar-refractivity contribution in [1.29, 1.82) is 0 Å². The van der Waals surface area contributed by atoms with Gasteiger partial charge in [-0.15, -0.1) is 0 Å². The predicted octanol–water partition coefficient (Wildman–Crippen LogP) is 2.47. The summed E-state index contributed by atoms with van der Waals surface area (Å²) < 4.78 is 15.7. The number of nitrogens with one attached hydrogen (secondary N) is 1. The topological polar surface area (TPSA) is 93.2 Å². The van der Waals surface area contributed by atoms with Crippen LogP contribution in [-0.4, -0.2) is 66.4 Å². The van der Waals surface area contributed by atoms with Crippen molar-refractivity contribution in [2.75, 3.05) is 44.9 Å². The van der Waals surface area contributed by atoms with E-state index in [1.807, 2.05) is 18.2 Å². The minimum Gasteiger partial charge on any atom is -0.454 e. The lowest BCUT2D eigenvalue weighted by Crippen LogP contribution is -2.50. The third kappa shape index (κ3) is 4.18. The number of benzene rings is 1. The number of carbonyl (C=O) groups excluding carboxylic acids is 2. The number of carbonyl (C=O) groups is 2. The Balaban J connectivity index is 1.34. The van der Waals surface area contributed by atoms with Crippen LogP contribution in [0.3, 0.4) is 0 Å². The number of amides is 2. The van der Waals surface area contributed by atoms with Crippen LogP contribution in [0.25, 0.3) is 0 Å². The second-order valence-electron chi connectivity index (χ2n) is 6.60. The molecule has 0 unspecified atom stereocenters. The van der Waals surface area contributed by atoms with Gasteiger partial charge in [-0.2, -0.15) is 0 Å². The molecule has 29 heavy (non-hydrogen) atoms. The molecule has 1 N–H and O–H groups in total. The van der Waals surface area contributed by atoms with Gasteiger partial charge in [0.1, 0.15) is 5.69 Å². The van der Waals surface area contributed by atoms with Gasteiger partial charge in [0, 0.05) is 37.9 Å². The van der Waals surface area contributed by atoms with Gasteiger partial charge in [-0.05, 0) is 31.2 Å². The molecule has 152 valence electrons. The monoisotopic (exact) mass is 398 g/mol. The summed E-state index contributed by atoms with van der Waals surface area (Å²) in [5.74, 6) is 1.26. The molecule has 1 saturated heterocycles. The maximum Gasteiger partial charge on any atom is 0.409 e. The van der Waals surface area contributed by atoms with E-state index in [-0.39, 0.29) is 18.8 Å². The molecule has 2 aliphatic heterocycles. The maximum atomic E-state index is 12.7. The van der Waals surface area contributed by atoms with Crippen LogP contribution in [0.4, 0.5) is 16.2 Å². The van der Waals surface area contributed by atoms with Gasteiger partial charge in [0.2, 0.25) is 6.79 Å². The first-order chi connectivity index (χ1) is 14.1. The Morgan fingerprint density at radius 3 is 2.48 bits per heavy atom. The Labute approximate surface area is 168 Å². The van der Waals surface area contributed by atoms with Crippen LogP contribution in [-0.2, 0) is 4.74 Å². The summed E-state index contributed by atoms with van der Waals surface area (Å²) in [6.45, 7) is 4.16. The zero-order chi connectivity index (χ0) is 20.2. The van der Waals surface area contributed by atoms with Crippen LogP contribution in [0.5, 0.6) is 11.5 Å². The first kappa shape index (κ1) is 18.9. The van der Waals surface area contributed by atoms with E-state index in [0.29, 0.717) is 44.2 Å². The number of piperazine rings is 1. The van der Waals surface area contributed by atoms with Crippen molar-refractivity contribution in [2.24, 2.45) is 0 Å². The summed E-state index contributed by atoms with van der Waals surface area (Å²) in [4.78, 5) is 32.0. The molecule has 0 atom stereocenters. The predicted molar refractivity (Wildman–Crippen MR) is 105 cm³/mol. The summed E-state index contributed by atoms with van der Waals surface area (Å²) >= 11 is 0. The summed E-state index contributed by atoms with van der Waals surface area (Å²) in [6.07, 6.45) is 1.28. The fraction of sp³-hybridized carbons (Fsp3) is 0.350. The Morgan fingerprint density at radius 1 is 1.03 bits per heavy atom. The van der Waals surface area contributed by atoms with E-state index in [0.717, 1.165) is 17.1 Å². The molecular formula is C20H22N4O5. The molecule has 4 rings (SSSR count). The van der Waals surface area contributed by atoms with Crippen molar-refractivity contribution < 1.29 is 23.8 Å². The third-order valence-corrected chi connectivity index (χ3v) is 4.74. The standard InChI is InChI=1S/C20H22N4O5/c1-2-27-20(26)24-9-7-23(8-10-24)19(25)16-5-3-15(12-21-16)22-14-4-6-17-18(11-14)29-13-28-17/h3-6,11-12,22H,2,7-10,13H2,1H3. The van der Waals surface area contributed by atoms with Crippen molar-refractivity contribution in [3.63, 3.8) is 0 Å². The Hall–Kier alpha value is -3.49. The number of nitrogens with zero attached hydrogens (tertiary/aromatic N) is 3. The second-order valence-corrected chi connectivity index (χ2v) is 6.60. The van der Waals surface area contributed by atoms with Crippen LogP contribution < -0.4 is 14.8 Å². The van der Waals surface area contributed by atoms with Crippen molar-refractivity contribution in [1.82, 2.24) is 14.8 Å². The summed E-state index contributed by atoms with van der Waals surface area (Å²) in [6, 6.07) is 9.07. The number of pyridine rings is 1. The number of hydrogen-bond donors (Lipinski definition) is 1. The zero-order valence-electron chi connectivity index (χ0n) is 16.1. The molecule has 0 spiro atoms. The Bertz CT molecular complexity index is 894. The van der Waals surface area contributed by atoms with E-state index in [1.165, 1.54) is 0 Å². The molecule has 2 amide bonds. The smallest absolute Gasteiger partial charge is 0.409 e. The summed E-state index contributed by atoms with van der Waals surface area (Å²) in [5, 5.41) is 3.23. The van der Waals surface area contributed by atoms with Gasteiger partial charge in [-0.3, -0.25) is 4.79 Å². The normalized spacial score (nSPS) is 15.2. The van der Waals surface area contributed by atoms with Gasteiger partial charge in [0.15, 0.2) is 11.5 Å². The Morgan fingerprint density at radius 2 is 1.76 bits per heavy atom. The van der Waals surface area contributed by atoms with Crippen LogP contribution in [0, 0.1) is 0 Å². The average Bonchev–Trinajstić information content (AvgIpc) is 3.22. The van der Waals surface area contributed by atoms with E-state index in [1.54, 1.807) is 35.1 Å². The average molecular weight is 398 g/mol. The molecule has 1 fully saturated rings. The van der Waals surface area contributed by atoms with Crippen LogP contribution in [0.15, 0.2) is 36.5 Å². The molecule has 0 saturated carbocycles. The number of rotatable bonds is 4. The fourth-order valence-corrected chi connectivity index (χ4v) is 3.20. The van der Waals surface area contributed by atoms with Gasteiger partial charge >= 0.3 is 6.09 Å². The number of aromatic nitrogens is 1. The molecular weight excluding hydrogens is 376 g/mol. The third-order valence-electron chi connectivity index (χ3n) is 4.74. The quantitative estimate of drug-likeness (QED) is 0.846. The zero-order valence-corrected chi connectivity index (χ0v) is 16.1. The molecule has 3 heterocycles. The van der Waals surface area contributed by atoms with Crippen LogP contribution in [0.1, 0.15) is 17.4 Å². The number of ether oxygens (including phenoxy) is 3. The van der Waals surface area contributed by atoms with Crippen molar-refractivity contribution in [3.05, 3.63) is 42.2 Å². The highest BCUT2D eigenvalue weighted by Gasteiger charge is 2.26. The van der Waals surface area contributed by atoms with E-state index in [4.69, 9.17) is 14.2 Å². The number of hydrogen-bond acceptors (Lipinski definition) is 7. The molecule has 1 aromatic carbocycles. The fourth-order valence-electron chi connectivity index (χ4n) is 3.20. The molecule has 0 aliphatic carbocycles. The largest absolute Gasteiger partial charge is 0.454 e. The minimum atomic E-state index is -0.336. The highest BCUT2D eigenvalue weighted by atomic mass is 16.7. The summed E-state index contributed by atoms with van der Waals surface area (Å²) in [7, 11) is 0. The van der Waals surface area contributed by atoms with Gasteiger partial charge < -0.3 is 29.3 Å². The highest BCUT2D eigenvalue weighted by molar-refractivity contribution is 5.92. The second kappa shape index (κ2) is 8.26. The van der Waals surface area contributed by atoms with Gasteiger partial charge in [0.05, 0.1) is 18.5 Å². The van der Waals surface area contributed by atoms with Crippen molar-refractivity contribution in [3.8, 4) is 11.5 Å². The molecule has 2 aromatic rings. The molecule has 2 aliphatic rings. The molecule has 9 nitrogen and oxygen atoms in total.